The smallest absolute Gasteiger partial charge is 0.252 e. The monoisotopic (exact) mass is 246 g/mol. The van der Waals surface area contributed by atoms with Crippen molar-refractivity contribution in [1.82, 2.24) is 10.3 Å². The van der Waals surface area contributed by atoms with Crippen molar-refractivity contribution in [3.63, 3.8) is 0 Å². The van der Waals surface area contributed by atoms with Crippen LogP contribution in [0.4, 0.5) is 0 Å². The molecule has 0 fully saturated rings. The molecule has 0 aliphatic carbocycles. The highest BCUT2D eigenvalue weighted by atomic mass is 16.3. The molecule has 1 heterocycles. The largest absolute Gasteiger partial charge is 0.388 e. The van der Waals surface area contributed by atoms with Crippen molar-refractivity contribution in [2.45, 2.75) is 25.9 Å². The van der Waals surface area contributed by atoms with E-state index in [2.05, 4.69) is 10.3 Å². The first-order chi connectivity index (χ1) is 8.53. The molecule has 0 aliphatic heterocycles. The minimum Gasteiger partial charge on any atom is -0.388 e. The van der Waals surface area contributed by atoms with Gasteiger partial charge in [-0.3, -0.25) is 4.79 Å². The number of carbonyl (C=O) groups excluding carboxylic acids is 1. The van der Waals surface area contributed by atoms with E-state index < -0.39 is 5.60 Å². The number of rotatable bonds is 4. The lowest BCUT2D eigenvalue weighted by Crippen LogP contribution is -2.40. The molecule has 18 heavy (non-hydrogen) atoms. The molecule has 1 aromatic heterocycles. The SMILES string of the molecule is CCC(C)(O)CNC(=O)c1cccc2[nH]ccc12. The third-order valence-electron chi connectivity index (χ3n) is 3.23. The number of H-pyrrole nitrogens is 1. The molecular weight excluding hydrogens is 228 g/mol. The minimum atomic E-state index is -0.859. The molecule has 3 N–H and O–H groups in total. The highest BCUT2D eigenvalue weighted by Crippen LogP contribution is 2.17. The van der Waals surface area contributed by atoms with Gasteiger partial charge in [0.25, 0.3) is 5.91 Å². The maximum Gasteiger partial charge on any atom is 0.252 e. The molecule has 4 heteroatoms. The molecule has 2 rings (SSSR count). The summed E-state index contributed by atoms with van der Waals surface area (Å²) in [5.41, 5.74) is 0.701. The molecule has 2 aromatic rings. The van der Waals surface area contributed by atoms with Crippen molar-refractivity contribution in [2.24, 2.45) is 0 Å². The van der Waals surface area contributed by atoms with E-state index in [0.29, 0.717) is 12.0 Å². The van der Waals surface area contributed by atoms with Gasteiger partial charge in [-0.25, -0.2) is 0 Å². The van der Waals surface area contributed by atoms with Crippen LogP contribution in [-0.4, -0.2) is 28.1 Å². The summed E-state index contributed by atoms with van der Waals surface area (Å²) < 4.78 is 0. The molecular formula is C14H18N2O2. The lowest BCUT2D eigenvalue weighted by Gasteiger charge is -2.21. The van der Waals surface area contributed by atoms with Crippen molar-refractivity contribution in [3.8, 4) is 0 Å². The van der Waals surface area contributed by atoms with E-state index in [-0.39, 0.29) is 12.5 Å². The first-order valence-corrected chi connectivity index (χ1v) is 6.10. The number of aromatic amines is 1. The number of carbonyl (C=O) groups is 1. The first kappa shape index (κ1) is 12.6. The van der Waals surface area contributed by atoms with E-state index in [1.54, 1.807) is 13.0 Å². The van der Waals surface area contributed by atoms with Gasteiger partial charge in [-0.15, -0.1) is 0 Å². The quantitative estimate of drug-likeness (QED) is 0.773. The van der Waals surface area contributed by atoms with E-state index in [1.807, 2.05) is 31.3 Å². The van der Waals surface area contributed by atoms with Crippen molar-refractivity contribution in [1.29, 1.82) is 0 Å². The number of amides is 1. The van der Waals surface area contributed by atoms with Gasteiger partial charge in [0.15, 0.2) is 0 Å². The third-order valence-corrected chi connectivity index (χ3v) is 3.23. The Bertz CT molecular complexity index is 558. The Morgan fingerprint density at radius 2 is 2.22 bits per heavy atom. The van der Waals surface area contributed by atoms with Crippen molar-refractivity contribution < 1.29 is 9.90 Å². The second-order valence-electron chi connectivity index (χ2n) is 4.78. The van der Waals surface area contributed by atoms with Crippen molar-refractivity contribution in [3.05, 3.63) is 36.0 Å². The molecule has 0 radical (unpaired) electrons. The highest BCUT2D eigenvalue weighted by molar-refractivity contribution is 6.06. The summed E-state index contributed by atoms with van der Waals surface area (Å²) in [4.78, 5) is 15.2. The lowest BCUT2D eigenvalue weighted by atomic mass is 10.0. The van der Waals surface area contributed by atoms with Crippen LogP contribution in [0.1, 0.15) is 30.6 Å². The van der Waals surface area contributed by atoms with Crippen LogP contribution >= 0.6 is 0 Å². The Morgan fingerprint density at radius 3 is 2.94 bits per heavy atom. The summed E-state index contributed by atoms with van der Waals surface area (Å²) in [5, 5.41) is 13.5. The van der Waals surface area contributed by atoms with Crippen molar-refractivity contribution in [2.75, 3.05) is 6.54 Å². The Balaban J connectivity index is 2.17. The zero-order chi connectivity index (χ0) is 13.2. The lowest BCUT2D eigenvalue weighted by molar-refractivity contribution is 0.0519. The minimum absolute atomic E-state index is 0.158. The van der Waals surface area contributed by atoms with Crippen LogP contribution in [0.15, 0.2) is 30.5 Å². The summed E-state index contributed by atoms with van der Waals surface area (Å²) >= 11 is 0. The van der Waals surface area contributed by atoms with Gasteiger partial charge in [0.1, 0.15) is 0 Å². The Kier molecular flexibility index (Phi) is 3.39. The second-order valence-corrected chi connectivity index (χ2v) is 4.78. The van der Waals surface area contributed by atoms with Gasteiger partial charge in [-0.2, -0.15) is 0 Å². The Labute approximate surface area is 106 Å². The van der Waals surface area contributed by atoms with E-state index in [0.717, 1.165) is 10.9 Å². The number of hydrogen-bond donors (Lipinski definition) is 3. The third kappa shape index (κ3) is 2.54. The van der Waals surface area contributed by atoms with Crippen molar-refractivity contribution >= 4 is 16.8 Å². The van der Waals surface area contributed by atoms with E-state index in [4.69, 9.17) is 0 Å². The van der Waals surface area contributed by atoms with Crippen LogP contribution in [0.3, 0.4) is 0 Å². The maximum absolute atomic E-state index is 12.1. The number of benzene rings is 1. The van der Waals surface area contributed by atoms with Crippen LogP contribution < -0.4 is 5.32 Å². The fourth-order valence-electron chi connectivity index (χ4n) is 1.77. The molecule has 0 spiro atoms. The molecule has 1 unspecified atom stereocenters. The number of aliphatic hydroxyl groups is 1. The second kappa shape index (κ2) is 4.82. The molecule has 1 atom stereocenters. The van der Waals surface area contributed by atoms with Crippen LogP contribution in [-0.2, 0) is 0 Å². The summed E-state index contributed by atoms with van der Waals surface area (Å²) in [6.45, 7) is 3.85. The van der Waals surface area contributed by atoms with Crippen LogP contribution in [0.2, 0.25) is 0 Å². The molecule has 0 saturated carbocycles. The van der Waals surface area contributed by atoms with Crippen LogP contribution in [0.25, 0.3) is 10.9 Å². The van der Waals surface area contributed by atoms with Gasteiger partial charge in [-0.1, -0.05) is 13.0 Å². The summed E-state index contributed by atoms with van der Waals surface area (Å²) in [6, 6.07) is 7.43. The Hall–Kier alpha value is -1.81. The van der Waals surface area contributed by atoms with E-state index in [9.17, 15) is 9.90 Å². The average molecular weight is 246 g/mol. The molecule has 96 valence electrons. The molecule has 0 aliphatic rings. The Morgan fingerprint density at radius 1 is 1.44 bits per heavy atom. The van der Waals surface area contributed by atoms with Gasteiger partial charge in [0, 0.05) is 29.2 Å². The number of fused-ring (bicyclic) bond motifs is 1. The van der Waals surface area contributed by atoms with E-state index in [1.165, 1.54) is 0 Å². The topological polar surface area (TPSA) is 65.1 Å². The summed E-state index contributed by atoms with van der Waals surface area (Å²) in [5.74, 6) is -0.158. The number of aromatic nitrogens is 1. The highest BCUT2D eigenvalue weighted by Gasteiger charge is 2.19. The molecule has 4 nitrogen and oxygen atoms in total. The van der Waals surface area contributed by atoms with E-state index >= 15 is 0 Å². The fraction of sp³-hybridized carbons (Fsp3) is 0.357. The van der Waals surface area contributed by atoms with Crippen LogP contribution in [0, 0.1) is 0 Å². The zero-order valence-electron chi connectivity index (χ0n) is 10.7. The summed E-state index contributed by atoms with van der Waals surface area (Å²) in [7, 11) is 0. The molecule has 1 amide bonds. The predicted octanol–water partition coefficient (Wildman–Crippen LogP) is 2.06. The normalized spacial score (nSPS) is 14.4. The van der Waals surface area contributed by atoms with Crippen LogP contribution in [0.5, 0.6) is 0 Å². The molecule has 0 saturated heterocycles. The molecule has 1 aromatic carbocycles. The van der Waals surface area contributed by atoms with Gasteiger partial charge in [0.2, 0.25) is 0 Å². The molecule has 0 bridgehead atoms. The predicted molar refractivity (Wildman–Crippen MR) is 71.5 cm³/mol. The number of hydrogen-bond acceptors (Lipinski definition) is 2. The standard InChI is InChI=1S/C14H18N2O2/c1-3-14(2,18)9-16-13(17)11-5-4-6-12-10(11)7-8-15-12/h4-8,15,18H,3,9H2,1-2H3,(H,16,17). The van der Waals surface area contributed by atoms with Gasteiger partial charge in [0.05, 0.1) is 5.60 Å². The maximum atomic E-state index is 12.1. The average Bonchev–Trinajstić information content (AvgIpc) is 2.84. The van der Waals surface area contributed by atoms with Gasteiger partial charge in [-0.05, 0) is 31.5 Å². The first-order valence-electron chi connectivity index (χ1n) is 6.10. The van der Waals surface area contributed by atoms with Gasteiger partial charge >= 0.3 is 0 Å². The summed E-state index contributed by atoms with van der Waals surface area (Å²) in [6.07, 6.45) is 2.41. The van der Waals surface area contributed by atoms with Gasteiger partial charge < -0.3 is 15.4 Å². The number of nitrogens with one attached hydrogen (secondary N) is 2. The zero-order valence-corrected chi connectivity index (χ0v) is 10.7. The fourth-order valence-corrected chi connectivity index (χ4v) is 1.77.